The minimum Gasteiger partial charge on any atom is -0.478 e. The van der Waals surface area contributed by atoms with E-state index in [1.54, 1.807) is 13.8 Å². The highest BCUT2D eigenvalue weighted by molar-refractivity contribution is 5.95. The monoisotopic (exact) mass is 252 g/mol. The molecule has 6 nitrogen and oxygen atoms in total. The SMILES string of the molecule is Cc1nnc(N(C)CCN(C)C)c(C(=O)O)c1C. The first-order valence-corrected chi connectivity index (χ1v) is 5.77. The van der Waals surface area contributed by atoms with Gasteiger partial charge in [-0.05, 0) is 33.5 Å². The van der Waals surface area contributed by atoms with Crippen molar-refractivity contribution in [3.63, 3.8) is 0 Å². The molecule has 1 N–H and O–H groups in total. The maximum absolute atomic E-state index is 11.3. The molecular weight excluding hydrogens is 232 g/mol. The van der Waals surface area contributed by atoms with E-state index >= 15 is 0 Å². The van der Waals surface area contributed by atoms with E-state index < -0.39 is 5.97 Å². The Hall–Kier alpha value is -1.69. The third-order valence-corrected chi connectivity index (χ3v) is 2.89. The van der Waals surface area contributed by atoms with Gasteiger partial charge in [0.05, 0.1) is 5.69 Å². The van der Waals surface area contributed by atoms with Gasteiger partial charge in [-0.15, -0.1) is 5.10 Å². The molecule has 0 amide bonds. The zero-order valence-electron chi connectivity index (χ0n) is 11.6. The van der Waals surface area contributed by atoms with E-state index in [9.17, 15) is 9.90 Å². The minimum atomic E-state index is -0.961. The summed E-state index contributed by atoms with van der Waals surface area (Å²) >= 11 is 0. The van der Waals surface area contributed by atoms with Gasteiger partial charge in [-0.25, -0.2) is 4.79 Å². The lowest BCUT2D eigenvalue weighted by Crippen LogP contribution is -2.30. The Labute approximate surface area is 107 Å². The number of carbonyl (C=O) groups is 1. The molecule has 100 valence electrons. The zero-order chi connectivity index (χ0) is 13.9. The first-order chi connectivity index (χ1) is 8.34. The van der Waals surface area contributed by atoms with Crippen molar-refractivity contribution in [2.45, 2.75) is 13.8 Å². The van der Waals surface area contributed by atoms with E-state index in [0.29, 0.717) is 23.6 Å². The molecule has 0 aliphatic rings. The molecule has 1 aromatic rings. The smallest absolute Gasteiger partial charge is 0.339 e. The third kappa shape index (κ3) is 3.16. The summed E-state index contributed by atoms with van der Waals surface area (Å²) in [6.07, 6.45) is 0. The highest BCUT2D eigenvalue weighted by atomic mass is 16.4. The van der Waals surface area contributed by atoms with Gasteiger partial charge in [0, 0.05) is 20.1 Å². The molecule has 0 fully saturated rings. The van der Waals surface area contributed by atoms with Crippen LogP contribution in [0.2, 0.25) is 0 Å². The van der Waals surface area contributed by atoms with Crippen molar-refractivity contribution < 1.29 is 9.90 Å². The summed E-state index contributed by atoms with van der Waals surface area (Å²) in [5, 5.41) is 17.3. The van der Waals surface area contributed by atoms with Gasteiger partial charge >= 0.3 is 5.97 Å². The molecule has 0 aliphatic carbocycles. The summed E-state index contributed by atoms with van der Waals surface area (Å²) in [5.74, 6) is -0.537. The normalized spacial score (nSPS) is 10.8. The van der Waals surface area contributed by atoms with Crippen molar-refractivity contribution in [3.05, 3.63) is 16.8 Å². The molecule has 0 saturated heterocycles. The largest absolute Gasteiger partial charge is 0.478 e. The van der Waals surface area contributed by atoms with Crippen LogP contribution in [0.3, 0.4) is 0 Å². The number of nitrogens with zero attached hydrogens (tertiary/aromatic N) is 4. The Kier molecular flexibility index (Phi) is 4.61. The number of anilines is 1. The summed E-state index contributed by atoms with van der Waals surface area (Å²) in [7, 11) is 5.77. The van der Waals surface area contributed by atoms with Crippen LogP contribution in [0.4, 0.5) is 5.82 Å². The lowest BCUT2D eigenvalue weighted by atomic mass is 10.1. The Balaban J connectivity index is 3.08. The van der Waals surface area contributed by atoms with Crippen LogP contribution in [0, 0.1) is 13.8 Å². The topological polar surface area (TPSA) is 69.6 Å². The van der Waals surface area contributed by atoms with E-state index in [1.807, 2.05) is 30.9 Å². The number of carboxylic acids is 1. The number of likely N-dealkylation sites (N-methyl/N-ethyl adjacent to an activating group) is 2. The number of hydrogen-bond donors (Lipinski definition) is 1. The molecule has 1 aromatic heterocycles. The molecule has 0 atom stereocenters. The molecule has 0 aromatic carbocycles. The van der Waals surface area contributed by atoms with E-state index in [0.717, 1.165) is 6.54 Å². The van der Waals surface area contributed by atoms with Crippen molar-refractivity contribution in [3.8, 4) is 0 Å². The van der Waals surface area contributed by atoms with Gasteiger partial charge in [-0.2, -0.15) is 5.10 Å². The predicted octanol–water partition coefficient (Wildman–Crippen LogP) is 0.789. The van der Waals surface area contributed by atoms with Crippen LogP contribution in [0.25, 0.3) is 0 Å². The van der Waals surface area contributed by atoms with Crippen LogP contribution in [-0.4, -0.2) is 60.4 Å². The fourth-order valence-corrected chi connectivity index (χ4v) is 1.58. The van der Waals surface area contributed by atoms with Crippen molar-refractivity contribution in [1.82, 2.24) is 15.1 Å². The molecule has 0 saturated carbocycles. The molecule has 0 aliphatic heterocycles. The first kappa shape index (κ1) is 14.4. The Morgan fingerprint density at radius 2 is 1.78 bits per heavy atom. The molecule has 0 unspecified atom stereocenters. The Morgan fingerprint density at radius 3 is 2.28 bits per heavy atom. The minimum absolute atomic E-state index is 0.240. The highest BCUT2D eigenvalue weighted by Gasteiger charge is 2.20. The van der Waals surface area contributed by atoms with Gasteiger partial charge in [-0.3, -0.25) is 0 Å². The number of aryl methyl sites for hydroxylation is 1. The summed E-state index contributed by atoms with van der Waals surface area (Å²) in [5.41, 5.74) is 1.56. The van der Waals surface area contributed by atoms with Gasteiger partial charge in [0.25, 0.3) is 0 Å². The highest BCUT2D eigenvalue weighted by Crippen LogP contribution is 2.21. The van der Waals surface area contributed by atoms with Gasteiger partial charge in [0.15, 0.2) is 5.82 Å². The number of rotatable bonds is 5. The van der Waals surface area contributed by atoms with Crippen LogP contribution in [0.15, 0.2) is 0 Å². The molecule has 1 rings (SSSR count). The van der Waals surface area contributed by atoms with Crippen LogP contribution in [0.5, 0.6) is 0 Å². The second kappa shape index (κ2) is 5.77. The van der Waals surface area contributed by atoms with Crippen LogP contribution in [-0.2, 0) is 0 Å². The lowest BCUT2D eigenvalue weighted by Gasteiger charge is -2.22. The molecule has 6 heteroatoms. The van der Waals surface area contributed by atoms with Crippen molar-refractivity contribution in [2.75, 3.05) is 39.1 Å². The average Bonchev–Trinajstić information content (AvgIpc) is 2.28. The summed E-state index contributed by atoms with van der Waals surface area (Å²) in [4.78, 5) is 15.2. The fourth-order valence-electron chi connectivity index (χ4n) is 1.58. The first-order valence-electron chi connectivity index (χ1n) is 5.77. The van der Waals surface area contributed by atoms with Crippen molar-refractivity contribution in [2.24, 2.45) is 0 Å². The van der Waals surface area contributed by atoms with Gasteiger partial charge in [0.2, 0.25) is 0 Å². The molecule has 18 heavy (non-hydrogen) atoms. The van der Waals surface area contributed by atoms with Gasteiger partial charge in [-0.1, -0.05) is 0 Å². The van der Waals surface area contributed by atoms with Gasteiger partial charge in [0.1, 0.15) is 5.56 Å². The van der Waals surface area contributed by atoms with E-state index in [4.69, 9.17) is 0 Å². The molecule has 1 heterocycles. The zero-order valence-corrected chi connectivity index (χ0v) is 11.6. The molecule has 0 radical (unpaired) electrons. The number of carboxylic acid groups (broad SMARTS) is 1. The van der Waals surface area contributed by atoms with Crippen LogP contribution >= 0.6 is 0 Å². The standard InChI is InChI=1S/C12H20N4O2/c1-8-9(2)13-14-11(10(8)12(17)18)16(5)7-6-15(3)4/h6-7H2,1-5H3,(H,17,18). The van der Waals surface area contributed by atoms with Gasteiger partial charge < -0.3 is 14.9 Å². The average molecular weight is 252 g/mol. The Bertz CT molecular complexity index is 446. The van der Waals surface area contributed by atoms with Crippen LogP contribution in [0.1, 0.15) is 21.6 Å². The number of aromatic carboxylic acids is 1. The van der Waals surface area contributed by atoms with Crippen LogP contribution < -0.4 is 4.90 Å². The van der Waals surface area contributed by atoms with E-state index in [-0.39, 0.29) is 5.56 Å². The fraction of sp³-hybridized carbons (Fsp3) is 0.583. The molecular formula is C12H20N4O2. The molecule has 0 spiro atoms. The van der Waals surface area contributed by atoms with Crippen molar-refractivity contribution >= 4 is 11.8 Å². The predicted molar refractivity (Wildman–Crippen MR) is 70.3 cm³/mol. The van der Waals surface area contributed by atoms with E-state index in [1.165, 1.54) is 0 Å². The third-order valence-electron chi connectivity index (χ3n) is 2.89. The quantitative estimate of drug-likeness (QED) is 0.835. The summed E-state index contributed by atoms with van der Waals surface area (Å²) in [6.45, 7) is 5.05. The summed E-state index contributed by atoms with van der Waals surface area (Å²) in [6, 6.07) is 0. The summed E-state index contributed by atoms with van der Waals surface area (Å²) < 4.78 is 0. The number of hydrogen-bond acceptors (Lipinski definition) is 5. The maximum atomic E-state index is 11.3. The second-order valence-electron chi connectivity index (χ2n) is 4.64. The number of aromatic nitrogens is 2. The maximum Gasteiger partial charge on any atom is 0.339 e. The van der Waals surface area contributed by atoms with Crippen molar-refractivity contribution in [1.29, 1.82) is 0 Å². The molecule has 0 bridgehead atoms. The van der Waals surface area contributed by atoms with E-state index in [2.05, 4.69) is 10.2 Å². The lowest BCUT2D eigenvalue weighted by molar-refractivity contribution is 0.0696. The Morgan fingerprint density at radius 1 is 1.17 bits per heavy atom. The second-order valence-corrected chi connectivity index (χ2v) is 4.64.